The lowest BCUT2D eigenvalue weighted by Crippen LogP contribution is -2.06. The van der Waals surface area contributed by atoms with E-state index in [4.69, 9.17) is 16.7 Å². The number of halogens is 1. The maximum Gasteiger partial charge on any atom is 0.303 e. The fraction of sp³-hybridized carbons (Fsp3) is 0.364. The quantitative estimate of drug-likeness (QED) is 0.472. The molecule has 2 N–H and O–H groups in total. The standard InChI is InChI=1S/C11H13ClN2O4/c1-7-5-8(14(17)18)6-9(12)11(7)13-4-2-3-10(15)16/h5-6,13H,2-4H2,1H3,(H,15,16). The Labute approximate surface area is 109 Å². The fourth-order valence-corrected chi connectivity index (χ4v) is 1.84. The number of carbonyl (C=O) groups is 1. The number of hydrogen-bond acceptors (Lipinski definition) is 4. The van der Waals surface area contributed by atoms with Crippen molar-refractivity contribution in [2.45, 2.75) is 19.8 Å². The molecule has 0 saturated carbocycles. The minimum absolute atomic E-state index is 0.0615. The average molecular weight is 273 g/mol. The summed E-state index contributed by atoms with van der Waals surface area (Å²) >= 11 is 5.94. The molecular weight excluding hydrogens is 260 g/mol. The molecule has 0 heterocycles. The Balaban J connectivity index is 2.72. The monoisotopic (exact) mass is 272 g/mol. The number of carboxylic acids is 1. The fourth-order valence-electron chi connectivity index (χ4n) is 1.51. The third-order valence-corrected chi connectivity index (χ3v) is 2.65. The highest BCUT2D eigenvalue weighted by Crippen LogP contribution is 2.30. The van der Waals surface area contributed by atoms with Crippen molar-refractivity contribution in [3.05, 3.63) is 32.8 Å². The number of anilines is 1. The lowest BCUT2D eigenvalue weighted by Gasteiger charge is -2.10. The molecule has 0 aliphatic heterocycles. The summed E-state index contributed by atoms with van der Waals surface area (Å²) in [6.45, 7) is 2.16. The molecule has 18 heavy (non-hydrogen) atoms. The molecule has 7 heteroatoms. The van der Waals surface area contributed by atoms with E-state index in [1.807, 2.05) is 0 Å². The number of aliphatic carboxylic acids is 1. The highest BCUT2D eigenvalue weighted by atomic mass is 35.5. The molecule has 0 amide bonds. The van der Waals surface area contributed by atoms with Crippen molar-refractivity contribution in [1.82, 2.24) is 0 Å². The van der Waals surface area contributed by atoms with Gasteiger partial charge >= 0.3 is 5.97 Å². The number of carboxylic acid groups (broad SMARTS) is 1. The van der Waals surface area contributed by atoms with Gasteiger partial charge in [-0.25, -0.2) is 0 Å². The number of benzene rings is 1. The summed E-state index contributed by atoms with van der Waals surface area (Å²) in [5, 5.41) is 22.3. The third kappa shape index (κ3) is 3.89. The smallest absolute Gasteiger partial charge is 0.303 e. The second-order valence-electron chi connectivity index (χ2n) is 3.80. The summed E-state index contributed by atoms with van der Waals surface area (Å²) in [4.78, 5) is 20.4. The van der Waals surface area contributed by atoms with Gasteiger partial charge in [0, 0.05) is 25.1 Å². The van der Waals surface area contributed by atoms with Crippen LogP contribution in [0.5, 0.6) is 0 Å². The van der Waals surface area contributed by atoms with Crippen LogP contribution in [0.4, 0.5) is 11.4 Å². The molecule has 98 valence electrons. The summed E-state index contributed by atoms with van der Waals surface area (Å²) in [7, 11) is 0. The maximum atomic E-state index is 10.6. The number of non-ortho nitro benzene ring substituents is 1. The van der Waals surface area contributed by atoms with Gasteiger partial charge in [-0.05, 0) is 18.9 Å². The SMILES string of the molecule is Cc1cc([N+](=O)[O-])cc(Cl)c1NCCCC(=O)O. The lowest BCUT2D eigenvalue weighted by atomic mass is 10.1. The molecule has 1 aromatic rings. The Morgan fingerprint density at radius 2 is 2.22 bits per heavy atom. The van der Waals surface area contributed by atoms with E-state index in [1.165, 1.54) is 12.1 Å². The van der Waals surface area contributed by atoms with E-state index >= 15 is 0 Å². The first-order valence-electron chi connectivity index (χ1n) is 5.32. The van der Waals surface area contributed by atoms with Crippen molar-refractivity contribution in [3.63, 3.8) is 0 Å². The molecule has 0 atom stereocenters. The number of nitrogens with zero attached hydrogens (tertiary/aromatic N) is 1. The highest BCUT2D eigenvalue weighted by molar-refractivity contribution is 6.33. The van der Waals surface area contributed by atoms with Crippen molar-refractivity contribution < 1.29 is 14.8 Å². The Bertz CT molecular complexity index is 453. The molecule has 6 nitrogen and oxygen atoms in total. The van der Waals surface area contributed by atoms with Crippen molar-refractivity contribution >= 4 is 28.9 Å². The largest absolute Gasteiger partial charge is 0.481 e. The molecule has 1 rings (SSSR count). The van der Waals surface area contributed by atoms with Crippen LogP contribution in [0.3, 0.4) is 0 Å². The number of hydrogen-bond donors (Lipinski definition) is 2. The van der Waals surface area contributed by atoms with E-state index in [2.05, 4.69) is 5.32 Å². The zero-order valence-corrected chi connectivity index (χ0v) is 10.5. The van der Waals surface area contributed by atoms with E-state index in [9.17, 15) is 14.9 Å². The average Bonchev–Trinajstić information content (AvgIpc) is 2.26. The van der Waals surface area contributed by atoms with Crippen molar-refractivity contribution in [2.24, 2.45) is 0 Å². The van der Waals surface area contributed by atoms with Gasteiger partial charge < -0.3 is 10.4 Å². The van der Waals surface area contributed by atoms with Crippen LogP contribution in [-0.4, -0.2) is 22.5 Å². The predicted molar refractivity (Wildman–Crippen MR) is 68.2 cm³/mol. The van der Waals surface area contributed by atoms with Crippen molar-refractivity contribution in [2.75, 3.05) is 11.9 Å². The van der Waals surface area contributed by atoms with Gasteiger partial charge in [-0.2, -0.15) is 0 Å². The summed E-state index contributed by atoms with van der Waals surface area (Å²) in [6.07, 6.45) is 0.527. The third-order valence-electron chi connectivity index (χ3n) is 2.35. The first kappa shape index (κ1) is 14.2. The second-order valence-corrected chi connectivity index (χ2v) is 4.21. The van der Waals surface area contributed by atoms with Crippen LogP contribution in [0.2, 0.25) is 5.02 Å². The van der Waals surface area contributed by atoms with E-state index in [1.54, 1.807) is 6.92 Å². The van der Waals surface area contributed by atoms with Crippen LogP contribution in [0.25, 0.3) is 0 Å². The Morgan fingerprint density at radius 1 is 1.56 bits per heavy atom. The molecule has 0 spiro atoms. The second kappa shape index (κ2) is 6.20. The summed E-state index contributed by atoms with van der Waals surface area (Å²) in [5.74, 6) is -0.858. The van der Waals surface area contributed by atoms with Crippen molar-refractivity contribution in [1.29, 1.82) is 0 Å². The molecule has 1 aromatic carbocycles. The molecule has 0 bridgehead atoms. The van der Waals surface area contributed by atoms with Gasteiger partial charge in [-0.15, -0.1) is 0 Å². The van der Waals surface area contributed by atoms with E-state index < -0.39 is 10.9 Å². The number of nitrogens with one attached hydrogen (secondary N) is 1. The molecule has 0 fully saturated rings. The summed E-state index contributed by atoms with van der Waals surface area (Å²) < 4.78 is 0. The van der Waals surface area contributed by atoms with Gasteiger partial charge in [0.25, 0.3) is 5.69 Å². The normalized spacial score (nSPS) is 10.1. The van der Waals surface area contributed by atoms with E-state index in [-0.39, 0.29) is 17.1 Å². The number of rotatable bonds is 6. The Hall–Kier alpha value is -1.82. The summed E-state index contributed by atoms with van der Waals surface area (Å²) in [6, 6.07) is 2.69. The molecule has 0 radical (unpaired) electrons. The van der Waals surface area contributed by atoms with Crippen LogP contribution in [-0.2, 0) is 4.79 Å². The minimum atomic E-state index is -0.858. The zero-order chi connectivity index (χ0) is 13.7. The Morgan fingerprint density at radius 3 is 2.72 bits per heavy atom. The van der Waals surface area contributed by atoms with E-state index in [0.717, 1.165) is 0 Å². The number of nitro benzene ring substituents is 1. The van der Waals surface area contributed by atoms with E-state index in [0.29, 0.717) is 24.2 Å². The highest BCUT2D eigenvalue weighted by Gasteiger charge is 2.12. The maximum absolute atomic E-state index is 10.6. The Kier molecular flexibility index (Phi) is 4.91. The van der Waals surface area contributed by atoms with Crippen LogP contribution >= 0.6 is 11.6 Å². The molecule has 0 saturated heterocycles. The van der Waals surface area contributed by atoms with Crippen LogP contribution < -0.4 is 5.32 Å². The minimum Gasteiger partial charge on any atom is -0.481 e. The lowest BCUT2D eigenvalue weighted by molar-refractivity contribution is -0.384. The predicted octanol–water partition coefficient (Wildman–Crippen LogP) is 2.83. The van der Waals surface area contributed by atoms with Gasteiger partial charge in [0.1, 0.15) is 0 Å². The first-order chi connectivity index (χ1) is 8.41. The zero-order valence-electron chi connectivity index (χ0n) is 9.77. The van der Waals surface area contributed by atoms with Gasteiger partial charge in [0.15, 0.2) is 0 Å². The van der Waals surface area contributed by atoms with Gasteiger partial charge in [-0.1, -0.05) is 11.6 Å². The molecule has 0 unspecified atom stereocenters. The van der Waals surface area contributed by atoms with Crippen LogP contribution in [0.1, 0.15) is 18.4 Å². The number of nitro groups is 1. The molecule has 0 aliphatic carbocycles. The first-order valence-corrected chi connectivity index (χ1v) is 5.70. The molecule has 0 aliphatic rings. The number of aryl methyl sites for hydroxylation is 1. The van der Waals surface area contributed by atoms with Gasteiger partial charge in [0.2, 0.25) is 0 Å². The molecular formula is C11H13ClN2O4. The van der Waals surface area contributed by atoms with Crippen molar-refractivity contribution in [3.8, 4) is 0 Å². The van der Waals surface area contributed by atoms with Crippen LogP contribution in [0, 0.1) is 17.0 Å². The van der Waals surface area contributed by atoms with Gasteiger partial charge in [0.05, 0.1) is 15.6 Å². The van der Waals surface area contributed by atoms with Gasteiger partial charge in [-0.3, -0.25) is 14.9 Å². The molecule has 0 aromatic heterocycles. The topological polar surface area (TPSA) is 92.5 Å². The van der Waals surface area contributed by atoms with Crippen LogP contribution in [0.15, 0.2) is 12.1 Å². The summed E-state index contributed by atoms with van der Waals surface area (Å²) in [5.41, 5.74) is 1.20.